The standard InChI is InChI=1S/C33H36FN5O3S/c1-4-21(2)26-8-6-5-7-22(26)13-15-35-33(40)30-18-31(23-9-10-23)39-32(36-30)19-29(37-39)27-12-11-24(17-28(27)34)38-16-14-25(20-38)43(3,41)42/h4-8,11-12,17-19,23,25H,9-10,13-16,20H2,1-3H3,(H,35,40)/b21-4-/t25-/m0/s1. The molecule has 2 aliphatic rings. The lowest BCUT2D eigenvalue weighted by molar-refractivity contribution is 0.0949. The van der Waals surface area contributed by atoms with Crippen LogP contribution in [0.15, 0.2) is 60.7 Å². The highest BCUT2D eigenvalue weighted by molar-refractivity contribution is 7.91. The predicted molar refractivity (Wildman–Crippen MR) is 168 cm³/mol. The number of fused-ring (bicyclic) bond motifs is 1. The molecule has 2 aromatic carbocycles. The number of halogens is 1. The zero-order chi connectivity index (χ0) is 30.3. The molecule has 1 atom stereocenters. The van der Waals surface area contributed by atoms with Crippen molar-refractivity contribution >= 4 is 32.7 Å². The average Bonchev–Trinajstić information content (AvgIpc) is 3.53. The molecule has 0 bridgehead atoms. The molecule has 8 nitrogen and oxygen atoms in total. The number of nitrogens with zero attached hydrogens (tertiary/aromatic N) is 4. The van der Waals surface area contributed by atoms with E-state index in [9.17, 15) is 13.2 Å². The molecule has 1 amide bonds. The molecule has 2 aromatic heterocycles. The van der Waals surface area contributed by atoms with Gasteiger partial charge in [0.2, 0.25) is 0 Å². The van der Waals surface area contributed by atoms with Gasteiger partial charge in [0.15, 0.2) is 15.5 Å². The van der Waals surface area contributed by atoms with Crippen molar-refractivity contribution in [2.45, 2.75) is 50.7 Å². The van der Waals surface area contributed by atoms with E-state index in [1.807, 2.05) is 24.0 Å². The van der Waals surface area contributed by atoms with Gasteiger partial charge in [-0.15, -0.1) is 0 Å². The smallest absolute Gasteiger partial charge is 0.270 e. The van der Waals surface area contributed by atoms with Gasteiger partial charge >= 0.3 is 0 Å². The number of aromatic nitrogens is 3. The molecule has 3 heterocycles. The number of rotatable bonds is 9. The van der Waals surface area contributed by atoms with E-state index in [0.29, 0.717) is 60.8 Å². The number of amides is 1. The number of hydrogen-bond donors (Lipinski definition) is 1. The third-order valence-electron chi connectivity index (χ3n) is 8.58. The summed E-state index contributed by atoms with van der Waals surface area (Å²) in [6.45, 7) is 5.49. The highest BCUT2D eigenvalue weighted by Gasteiger charge is 2.31. The summed E-state index contributed by atoms with van der Waals surface area (Å²) in [5.41, 5.74) is 6.68. The number of carbonyl (C=O) groups is 1. The van der Waals surface area contributed by atoms with Gasteiger partial charge in [-0.3, -0.25) is 4.79 Å². The highest BCUT2D eigenvalue weighted by atomic mass is 32.2. The van der Waals surface area contributed by atoms with Crippen LogP contribution in [-0.4, -0.2) is 60.1 Å². The van der Waals surface area contributed by atoms with Crippen LogP contribution in [0, 0.1) is 5.82 Å². The Balaban J connectivity index is 1.22. The van der Waals surface area contributed by atoms with Crippen molar-refractivity contribution in [2.24, 2.45) is 0 Å². The fourth-order valence-electron chi connectivity index (χ4n) is 5.82. The van der Waals surface area contributed by atoms with Crippen LogP contribution in [0.4, 0.5) is 10.1 Å². The maximum atomic E-state index is 15.4. The van der Waals surface area contributed by atoms with Crippen LogP contribution in [0.2, 0.25) is 0 Å². The summed E-state index contributed by atoms with van der Waals surface area (Å²) in [4.78, 5) is 19.7. The van der Waals surface area contributed by atoms with Crippen molar-refractivity contribution in [1.29, 1.82) is 0 Å². The molecule has 1 aliphatic carbocycles. The SMILES string of the molecule is C/C=C(/C)c1ccccc1CCNC(=O)c1cc(C2CC2)n2nc(-c3ccc(N4CC[C@H](S(C)(=O)=O)C4)cc3F)cc2n1. The second-order valence-electron chi connectivity index (χ2n) is 11.6. The second kappa shape index (κ2) is 11.6. The van der Waals surface area contributed by atoms with Gasteiger partial charge in [0.05, 0.1) is 10.9 Å². The number of allylic oxidation sites excluding steroid dienone is 2. The minimum absolute atomic E-state index is 0.249. The number of hydrogen-bond acceptors (Lipinski definition) is 6. The van der Waals surface area contributed by atoms with Crippen molar-refractivity contribution < 1.29 is 17.6 Å². The minimum Gasteiger partial charge on any atom is -0.370 e. The molecule has 10 heteroatoms. The van der Waals surface area contributed by atoms with Crippen LogP contribution in [0.1, 0.15) is 66.3 Å². The van der Waals surface area contributed by atoms with Crippen LogP contribution in [-0.2, 0) is 16.3 Å². The molecule has 1 N–H and O–H groups in total. The van der Waals surface area contributed by atoms with Gasteiger partial charge in [-0.2, -0.15) is 5.10 Å². The lowest BCUT2D eigenvalue weighted by atomic mass is 9.98. The van der Waals surface area contributed by atoms with Gasteiger partial charge in [0.25, 0.3) is 5.91 Å². The fraction of sp³-hybridized carbons (Fsp3) is 0.364. The summed E-state index contributed by atoms with van der Waals surface area (Å²) in [5, 5.41) is 7.28. The summed E-state index contributed by atoms with van der Waals surface area (Å²) in [5.74, 6) is -0.408. The van der Waals surface area contributed by atoms with Gasteiger partial charge in [0, 0.05) is 54.8 Å². The first-order chi connectivity index (χ1) is 20.6. The maximum Gasteiger partial charge on any atom is 0.270 e. The van der Waals surface area contributed by atoms with E-state index in [4.69, 9.17) is 5.10 Å². The zero-order valence-electron chi connectivity index (χ0n) is 24.7. The quantitative estimate of drug-likeness (QED) is 0.275. The Labute approximate surface area is 251 Å². The first-order valence-corrected chi connectivity index (χ1v) is 16.7. The van der Waals surface area contributed by atoms with E-state index in [-0.39, 0.29) is 11.8 Å². The van der Waals surface area contributed by atoms with Crippen molar-refractivity contribution in [1.82, 2.24) is 19.9 Å². The molecule has 43 heavy (non-hydrogen) atoms. The van der Waals surface area contributed by atoms with E-state index in [1.54, 1.807) is 28.8 Å². The lowest BCUT2D eigenvalue weighted by Gasteiger charge is -2.19. The van der Waals surface area contributed by atoms with Crippen LogP contribution in [0.25, 0.3) is 22.5 Å². The van der Waals surface area contributed by atoms with E-state index in [2.05, 4.69) is 35.4 Å². The third kappa shape index (κ3) is 6.06. The first-order valence-electron chi connectivity index (χ1n) is 14.8. The van der Waals surface area contributed by atoms with Crippen LogP contribution >= 0.6 is 0 Å². The minimum atomic E-state index is -3.15. The van der Waals surface area contributed by atoms with Crippen molar-refractivity contribution in [3.05, 3.63) is 89.0 Å². The Morgan fingerprint density at radius 2 is 1.91 bits per heavy atom. The molecule has 2 fully saturated rings. The van der Waals surface area contributed by atoms with E-state index >= 15 is 4.39 Å². The Bertz CT molecular complexity index is 1840. The number of carbonyl (C=O) groups excluding carboxylic acids is 1. The van der Waals surface area contributed by atoms with Gasteiger partial charge < -0.3 is 10.2 Å². The van der Waals surface area contributed by atoms with Gasteiger partial charge in [-0.25, -0.2) is 22.3 Å². The molecular formula is C33H36FN5O3S. The van der Waals surface area contributed by atoms with Gasteiger partial charge in [-0.1, -0.05) is 30.3 Å². The zero-order valence-corrected chi connectivity index (χ0v) is 25.5. The summed E-state index contributed by atoms with van der Waals surface area (Å²) in [7, 11) is -3.15. The molecular weight excluding hydrogens is 565 g/mol. The van der Waals surface area contributed by atoms with Crippen LogP contribution in [0.5, 0.6) is 0 Å². The molecule has 0 radical (unpaired) electrons. The van der Waals surface area contributed by atoms with Gasteiger partial charge in [-0.05, 0) is 80.5 Å². The molecule has 4 aromatic rings. The monoisotopic (exact) mass is 601 g/mol. The molecule has 1 aliphatic heterocycles. The number of sulfone groups is 1. The summed E-state index contributed by atoms with van der Waals surface area (Å²) in [6, 6.07) is 16.6. The Hall–Kier alpha value is -4.05. The van der Waals surface area contributed by atoms with E-state index < -0.39 is 20.9 Å². The molecule has 1 saturated carbocycles. The normalized spacial score (nSPS) is 17.5. The summed E-state index contributed by atoms with van der Waals surface area (Å²) >= 11 is 0. The van der Waals surface area contributed by atoms with Gasteiger partial charge in [0.1, 0.15) is 11.5 Å². The van der Waals surface area contributed by atoms with E-state index in [0.717, 1.165) is 18.5 Å². The third-order valence-corrected chi connectivity index (χ3v) is 10.2. The van der Waals surface area contributed by atoms with Crippen molar-refractivity contribution in [3.8, 4) is 11.3 Å². The Morgan fingerprint density at radius 1 is 1.12 bits per heavy atom. The maximum absolute atomic E-state index is 15.4. The number of anilines is 1. The fourth-order valence-corrected chi connectivity index (χ4v) is 6.80. The van der Waals surface area contributed by atoms with Crippen molar-refractivity contribution in [2.75, 3.05) is 30.8 Å². The second-order valence-corrected chi connectivity index (χ2v) is 14.0. The number of nitrogens with one attached hydrogen (secondary N) is 1. The molecule has 6 rings (SSSR count). The summed E-state index contributed by atoms with van der Waals surface area (Å²) in [6.07, 6.45) is 6.57. The van der Waals surface area contributed by atoms with Crippen LogP contribution < -0.4 is 10.2 Å². The molecule has 0 unspecified atom stereocenters. The van der Waals surface area contributed by atoms with Crippen molar-refractivity contribution in [3.63, 3.8) is 0 Å². The topological polar surface area (TPSA) is 96.7 Å². The number of benzene rings is 2. The highest BCUT2D eigenvalue weighted by Crippen LogP contribution is 2.40. The lowest BCUT2D eigenvalue weighted by Crippen LogP contribution is -2.27. The Kier molecular flexibility index (Phi) is 7.81. The largest absolute Gasteiger partial charge is 0.370 e. The molecule has 224 valence electrons. The first kappa shape index (κ1) is 29.0. The van der Waals surface area contributed by atoms with Crippen LogP contribution in [0.3, 0.4) is 0 Å². The Morgan fingerprint density at radius 3 is 2.60 bits per heavy atom. The predicted octanol–water partition coefficient (Wildman–Crippen LogP) is 5.43. The van der Waals surface area contributed by atoms with E-state index in [1.165, 1.54) is 29.0 Å². The molecule has 1 saturated heterocycles. The molecule has 0 spiro atoms. The summed E-state index contributed by atoms with van der Waals surface area (Å²) < 4.78 is 41.1. The average molecular weight is 602 g/mol.